The molecule has 128 heavy (non-hydrogen) atoms. The lowest BCUT2D eigenvalue weighted by Gasteiger charge is -2.47. The lowest BCUT2D eigenvalue weighted by molar-refractivity contribution is 0.656. The van der Waals surface area contributed by atoms with Gasteiger partial charge in [0, 0.05) is 22.2 Å². The smallest absolute Gasteiger partial charge is 0.0742 e. The van der Waals surface area contributed by atoms with Crippen LogP contribution in [0, 0.1) is 48.5 Å². The van der Waals surface area contributed by atoms with Gasteiger partial charge in [0.2, 0.25) is 0 Å². The van der Waals surface area contributed by atoms with E-state index in [-0.39, 0.29) is 5.41 Å². The first-order valence-electron chi connectivity index (χ1n) is 46.7. The fourth-order valence-electron chi connectivity index (χ4n) is 23.4. The Morgan fingerprint density at radius 2 is 0.508 bits per heavy atom. The van der Waals surface area contributed by atoms with E-state index >= 15 is 0 Å². The number of aryl methyl sites for hydroxylation is 9. The van der Waals surface area contributed by atoms with E-state index < -0.39 is 21.7 Å². The van der Waals surface area contributed by atoms with Crippen molar-refractivity contribution in [1.82, 2.24) is 0 Å². The van der Waals surface area contributed by atoms with Crippen LogP contribution in [-0.4, -0.2) is 0 Å². The number of unbranched alkanes of at least 4 members (excludes halogenated alkanes) is 2. The molecular formula is C126H110N2. The molecule has 0 radical (unpaired) electrons. The highest BCUT2D eigenvalue weighted by molar-refractivity contribution is 6.00. The number of hydrogen-bond acceptors (Lipinski definition) is 2. The van der Waals surface area contributed by atoms with Crippen LogP contribution in [0.3, 0.4) is 0 Å². The van der Waals surface area contributed by atoms with E-state index in [4.69, 9.17) is 0 Å². The maximum atomic E-state index is 2.72. The normalized spacial score (nSPS) is 14.9. The van der Waals surface area contributed by atoms with Gasteiger partial charge in [-0.2, -0.15) is 0 Å². The molecule has 0 fully saturated rings. The van der Waals surface area contributed by atoms with E-state index in [1.165, 1.54) is 217 Å². The fraction of sp³-hybridized carbons (Fsp3) is 0.190. The third kappa shape index (κ3) is 12.3. The summed E-state index contributed by atoms with van der Waals surface area (Å²) in [6.07, 6.45) is 6.63. The zero-order valence-corrected chi connectivity index (χ0v) is 76.2. The summed E-state index contributed by atoms with van der Waals surface area (Å²) < 4.78 is 0. The summed E-state index contributed by atoms with van der Waals surface area (Å²) in [6, 6.07) is 142. The van der Waals surface area contributed by atoms with Crippen LogP contribution in [0.1, 0.15) is 206 Å². The molecule has 0 unspecified atom stereocenters. The first-order valence-corrected chi connectivity index (χ1v) is 46.7. The van der Waals surface area contributed by atoms with Crippen molar-refractivity contribution >= 4 is 34.1 Å². The van der Waals surface area contributed by atoms with Gasteiger partial charge in [-0.15, -0.1) is 0 Å². The van der Waals surface area contributed by atoms with Crippen LogP contribution in [0.15, 0.2) is 358 Å². The van der Waals surface area contributed by atoms with Crippen molar-refractivity contribution in [1.29, 1.82) is 0 Å². The second-order valence-corrected chi connectivity index (χ2v) is 38.9. The Bertz CT molecular complexity index is 7160. The Kier molecular flexibility index (Phi) is 19.1. The number of benzene rings is 17. The molecule has 0 amide bonds. The van der Waals surface area contributed by atoms with Gasteiger partial charge in [-0.3, -0.25) is 0 Å². The molecular weight excluding hydrogens is 1540 g/mol. The van der Waals surface area contributed by atoms with Crippen molar-refractivity contribution in [3.8, 4) is 66.8 Å². The lowest BCUT2D eigenvalue weighted by Crippen LogP contribution is -2.38. The van der Waals surface area contributed by atoms with Crippen molar-refractivity contribution in [3.63, 3.8) is 0 Å². The summed E-state index contributed by atoms with van der Waals surface area (Å²) in [5.41, 5.74) is 50.4. The van der Waals surface area contributed by atoms with Crippen LogP contribution in [0.25, 0.3) is 66.8 Å². The summed E-state index contributed by atoms with van der Waals surface area (Å²) >= 11 is 0. The maximum absolute atomic E-state index is 2.72. The molecule has 624 valence electrons. The molecule has 17 aromatic carbocycles. The van der Waals surface area contributed by atoms with Gasteiger partial charge < -0.3 is 9.80 Å². The van der Waals surface area contributed by atoms with Crippen LogP contribution < -0.4 is 9.80 Å². The highest BCUT2D eigenvalue weighted by Crippen LogP contribution is 2.67. The number of nitrogens with zero attached hydrogens (tertiary/aromatic N) is 2. The SMILES string of the molecule is CCCCc1ccc(N2c3ccc(-c4ccc5c(c4)C(C)(C)c4cc(C)ccc4-5)cc3C(c3ccc(C)cc3)(c3ccc(C)cc3)c3cc4c(cc32)C(C)(C)c2cc3c(cc2-4)C(c2ccc(C)cc2)(c2ccc(C)cc2)c2cc(-c4ccc5c(c4)C(c4cccc(C)c4)(c4cccc(C)c4)c4cc(-c6ccccc6)ccc4-5)ccc2N3c2ccc(CCCC)cc2)cc1. The first-order chi connectivity index (χ1) is 62.2. The summed E-state index contributed by atoms with van der Waals surface area (Å²) in [7, 11) is 0. The lowest BCUT2D eigenvalue weighted by atomic mass is 9.61. The molecule has 5 aliphatic rings. The van der Waals surface area contributed by atoms with Crippen molar-refractivity contribution in [3.05, 3.63) is 497 Å². The van der Waals surface area contributed by atoms with Crippen molar-refractivity contribution in [2.24, 2.45) is 0 Å². The van der Waals surface area contributed by atoms with Gasteiger partial charge in [0.25, 0.3) is 0 Å². The topological polar surface area (TPSA) is 6.48 Å². The number of rotatable bonds is 17. The Balaban J connectivity index is 0.821. The fourth-order valence-corrected chi connectivity index (χ4v) is 23.4. The van der Waals surface area contributed by atoms with Gasteiger partial charge in [-0.05, 0) is 332 Å². The molecule has 17 aromatic rings. The molecule has 0 atom stereocenters. The Morgan fingerprint density at radius 3 is 0.891 bits per heavy atom. The van der Waals surface area contributed by atoms with E-state index in [1.807, 2.05) is 0 Å². The average Bonchev–Trinajstić information content (AvgIpc) is 1.24. The monoisotopic (exact) mass is 1650 g/mol. The van der Waals surface area contributed by atoms with Gasteiger partial charge in [-0.1, -0.05) is 360 Å². The molecule has 0 N–H and O–H groups in total. The van der Waals surface area contributed by atoms with E-state index in [2.05, 4.69) is 458 Å². The Labute approximate surface area is 758 Å². The minimum absolute atomic E-state index is 0.188. The van der Waals surface area contributed by atoms with Crippen LogP contribution in [0.4, 0.5) is 34.1 Å². The highest BCUT2D eigenvalue weighted by atomic mass is 15.2. The van der Waals surface area contributed by atoms with Crippen molar-refractivity contribution < 1.29 is 0 Å². The van der Waals surface area contributed by atoms with E-state index in [0.717, 1.165) is 61.2 Å². The minimum Gasteiger partial charge on any atom is -0.310 e. The van der Waals surface area contributed by atoms with Gasteiger partial charge in [0.1, 0.15) is 0 Å². The summed E-state index contributed by atoms with van der Waals surface area (Å²) in [6.45, 7) is 30.2. The van der Waals surface area contributed by atoms with Crippen LogP contribution >= 0.6 is 0 Å². The van der Waals surface area contributed by atoms with E-state index in [9.17, 15) is 0 Å². The Hall–Kier alpha value is -13.7. The molecule has 0 saturated heterocycles. The van der Waals surface area contributed by atoms with Crippen molar-refractivity contribution in [2.75, 3.05) is 9.80 Å². The second-order valence-electron chi connectivity index (χ2n) is 38.9. The van der Waals surface area contributed by atoms with Crippen LogP contribution in [0.2, 0.25) is 0 Å². The first kappa shape index (κ1) is 80.2. The second kappa shape index (κ2) is 30.6. The predicted octanol–water partition coefficient (Wildman–Crippen LogP) is 32.8. The molecule has 2 heteroatoms. The van der Waals surface area contributed by atoms with E-state index in [1.54, 1.807) is 0 Å². The molecule has 2 aliphatic heterocycles. The van der Waals surface area contributed by atoms with Crippen molar-refractivity contribution in [2.45, 2.75) is 156 Å². The van der Waals surface area contributed by atoms with Crippen LogP contribution in [-0.2, 0) is 39.9 Å². The number of anilines is 6. The molecule has 2 nitrogen and oxygen atoms in total. The number of hydrogen-bond donors (Lipinski definition) is 0. The summed E-state index contributed by atoms with van der Waals surface area (Å²) in [5.74, 6) is 0. The van der Waals surface area contributed by atoms with E-state index in [0.29, 0.717) is 0 Å². The minimum atomic E-state index is -0.902. The van der Waals surface area contributed by atoms with Gasteiger partial charge in [-0.25, -0.2) is 0 Å². The average molecular weight is 1650 g/mol. The molecule has 0 saturated carbocycles. The zero-order chi connectivity index (χ0) is 87.4. The molecule has 0 spiro atoms. The van der Waals surface area contributed by atoms with Gasteiger partial charge in [0.15, 0.2) is 0 Å². The largest absolute Gasteiger partial charge is 0.310 e. The van der Waals surface area contributed by atoms with Gasteiger partial charge >= 0.3 is 0 Å². The third-order valence-corrected chi connectivity index (χ3v) is 30.1. The Morgan fingerprint density at radius 1 is 0.203 bits per heavy atom. The molecule has 3 aliphatic carbocycles. The predicted molar refractivity (Wildman–Crippen MR) is 539 cm³/mol. The highest BCUT2D eigenvalue weighted by Gasteiger charge is 2.54. The third-order valence-electron chi connectivity index (χ3n) is 30.1. The molecule has 2 heterocycles. The molecule has 22 rings (SSSR count). The standard InChI is InChI=1S/C126H110N2/c1-14-16-25-86-40-57-100(58-41-86)127-118-65-47-92(90-45-62-103-102-61-39-85(9)69-108(102)122(10,11)109(103)70-90)73-114(118)124(94-49-31-79(3)32-50-94,95-51-33-80(4)34-52-95)116-75-106-107-76-117-121(78-111(107)123(12,13)110(106)77-120(116)127)128(101-59-42-87(43-60-101)26-17-15-2)119-66-48-93(74-115(119)125(117,96-53-35-81(5)36-54-96)97-55-37-82(6)38-56-97)91-46-64-105-104-63-44-89(88-27-19-18-20-28-88)71-112(104)126(113(105)72-91,98-29-21-23-83(7)67-98)99-30-22-24-84(8)68-99/h18-24,27-78H,14-17,25-26H2,1-13H3. The molecule has 0 bridgehead atoms. The summed E-state index contributed by atoms with van der Waals surface area (Å²) in [4.78, 5) is 5.31. The maximum Gasteiger partial charge on any atom is 0.0742 e. The zero-order valence-electron chi connectivity index (χ0n) is 76.2. The van der Waals surface area contributed by atoms with Gasteiger partial charge in [0.05, 0.1) is 39.0 Å². The number of fused-ring (bicyclic) bond motifs is 13. The quantitative estimate of drug-likeness (QED) is 0.0896. The summed E-state index contributed by atoms with van der Waals surface area (Å²) in [5, 5.41) is 0. The van der Waals surface area contributed by atoms with Crippen LogP contribution in [0.5, 0.6) is 0 Å². The molecule has 0 aromatic heterocycles.